The zero-order valence-corrected chi connectivity index (χ0v) is 20.2. The molecule has 0 unspecified atom stereocenters. The van der Waals surface area contributed by atoms with Crippen LogP contribution in [0.4, 0.5) is 10.1 Å². The van der Waals surface area contributed by atoms with Gasteiger partial charge in [0.05, 0.1) is 35.0 Å². The van der Waals surface area contributed by atoms with Gasteiger partial charge in [-0.25, -0.2) is 4.39 Å². The second-order valence-electron chi connectivity index (χ2n) is 9.22. The molecule has 8 heteroatoms. The zero-order valence-electron chi connectivity index (χ0n) is 20.2. The Labute approximate surface area is 211 Å². The van der Waals surface area contributed by atoms with Crippen molar-refractivity contribution in [2.45, 2.75) is 13.8 Å². The highest BCUT2D eigenvalue weighted by molar-refractivity contribution is 6.01. The number of hydrogen-bond acceptors (Lipinski definition) is 4. The van der Waals surface area contributed by atoms with Crippen LogP contribution in [0, 0.1) is 11.7 Å². The van der Waals surface area contributed by atoms with Gasteiger partial charge in [0.15, 0.2) is 0 Å². The first kappa shape index (κ1) is 22.6. The lowest BCUT2D eigenvalue weighted by Crippen LogP contribution is -2.17. The van der Waals surface area contributed by atoms with Crippen LogP contribution in [0.3, 0.4) is 0 Å². The minimum absolute atomic E-state index is 0.0759. The van der Waals surface area contributed by atoms with Crippen LogP contribution in [-0.4, -0.2) is 31.1 Å². The number of anilines is 1. The molecule has 7 nitrogen and oxygen atoms in total. The molecule has 4 aromatic heterocycles. The third-order valence-corrected chi connectivity index (χ3v) is 6.36. The first-order chi connectivity index (χ1) is 18.0. The molecule has 0 saturated heterocycles. The molecule has 0 fully saturated rings. The van der Waals surface area contributed by atoms with Crippen LogP contribution in [0.15, 0.2) is 79.3 Å². The molecule has 0 aliphatic carbocycles. The summed E-state index contributed by atoms with van der Waals surface area (Å²) in [5, 5.41) is 12.3. The van der Waals surface area contributed by atoms with Crippen LogP contribution in [0.5, 0.6) is 0 Å². The Hall–Kier alpha value is -4.85. The van der Waals surface area contributed by atoms with Crippen molar-refractivity contribution in [3.63, 3.8) is 0 Å². The molecule has 0 radical (unpaired) electrons. The number of fused-ring (bicyclic) bond motifs is 2. The number of aromatic nitrogens is 5. The second-order valence-corrected chi connectivity index (χ2v) is 9.22. The Bertz CT molecular complexity index is 1780. The van der Waals surface area contributed by atoms with Crippen molar-refractivity contribution in [3.8, 4) is 33.8 Å². The number of nitrogens with zero attached hydrogens (tertiary/aromatic N) is 3. The van der Waals surface area contributed by atoms with Gasteiger partial charge in [-0.05, 0) is 35.9 Å². The maximum atomic E-state index is 14.6. The van der Waals surface area contributed by atoms with Crippen LogP contribution >= 0.6 is 0 Å². The largest absolute Gasteiger partial charge is 0.353 e. The van der Waals surface area contributed by atoms with Crippen molar-refractivity contribution in [2.24, 2.45) is 5.92 Å². The molecule has 0 spiro atoms. The summed E-state index contributed by atoms with van der Waals surface area (Å²) in [6.07, 6.45) is 5.06. The molecule has 0 aliphatic rings. The average molecular weight is 491 g/mol. The smallest absolute Gasteiger partial charge is 0.226 e. The van der Waals surface area contributed by atoms with Crippen molar-refractivity contribution in [1.29, 1.82) is 0 Å². The minimum Gasteiger partial charge on any atom is -0.353 e. The summed E-state index contributed by atoms with van der Waals surface area (Å²) in [5.41, 5.74) is 6.65. The lowest BCUT2D eigenvalue weighted by Gasteiger charge is -2.08. The Balaban J connectivity index is 1.42. The Morgan fingerprint density at radius 1 is 0.919 bits per heavy atom. The monoisotopic (exact) mass is 490 g/mol. The van der Waals surface area contributed by atoms with Crippen molar-refractivity contribution in [2.75, 3.05) is 5.32 Å². The normalized spacial score (nSPS) is 11.5. The predicted octanol–water partition coefficient (Wildman–Crippen LogP) is 6.57. The quantitative estimate of drug-likeness (QED) is 0.254. The summed E-state index contributed by atoms with van der Waals surface area (Å²) in [6.45, 7) is 3.68. The Morgan fingerprint density at radius 3 is 2.59 bits per heavy atom. The molecular weight excluding hydrogens is 467 g/mol. The van der Waals surface area contributed by atoms with E-state index in [9.17, 15) is 9.18 Å². The highest BCUT2D eigenvalue weighted by Gasteiger charge is 2.16. The number of rotatable bonds is 5. The van der Waals surface area contributed by atoms with E-state index in [0.29, 0.717) is 16.9 Å². The number of amides is 1. The SMILES string of the molecule is CC(C)C(=O)Nc1cncc(-c2cc3c(-c4cc5c(-c6ccccc6F)cccc5[nH]4)n[nH]c3cn2)c1. The van der Waals surface area contributed by atoms with E-state index in [1.165, 1.54) is 6.07 Å². The summed E-state index contributed by atoms with van der Waals surface area (Å²) in [4.78, 5) is 24.4. The number of carbonyl (C=O) groups is 1. The van der Waals surface area contributed by atoms with E-state index in [0.717, 1.165) is 44.3 Å². The number of halogens is 1. The van der Waals surface area contributed by atoms with Gasteiger partial charge in [-0.3, -0.25) is 19.9 Å². The summed E-state index contributed by atoms with van der Waals surface area (Å²) in [5.74, 6) is -0.478. The van der Waals surface area contributed by atoms with E-state index >= 15 is 0 Å². The highest BCUT2D eigenvalue weighted by atomic mass is 19.1. The second kappa shape index (κ2) is 8.98. The summed E-state index contributed by atoms with van der Waals surface area (Å²) >= 11 is 0. The van der Waals surface area contributed by atoms with Crippen LogP contribution in [0.1, 0.15) is 13.8 Å². The van der Waals surface area contributed by atoms with Gasteiger partial charge < -0.3 is 10.3 Å². The first-order valence-corrected chi connectivity index (χ1v) is 12.0. The molecule has 0 aliphatic heterocycles. The van der Waals surface area contributed by atoms with Gasteiger partial charge in [-0.2, -0.15) is 5.10 Å². The number of aromatic amines is 2. The van der Waals surface area contributed by atoms with Crippen LogP contribution in [0.25, 0.3) is 55.6 Å². The van der Waals surface area contributed by atoms with Crippen molar-refractivity contribution in [1.82, 2.24) is 25.1 Å². The van der Waals surface area contributed by atoms with E-state index in [4.69, 9.17) is 0 Å². The molecule has 4 heterocycles. The fourth-order valence-electron chi connectivity index (χ4n) is 4.41. The van der Waals surface area contributed by atoms with Crippen LogP contribution in [-0.2, 0) is 4.79 Å². The zero-order chi connectivity index (χ0) is 25.5. The van der Waals surface area contributed by atoms with Gasteiger partial charge in [-0.15, -0.1) is 0 Å². The predicted molar refractivity (Wildman–Crippen MR) is 143 cm³/mol. The van der Waals surface area contributed by atoms with E-state index in [2.05, 4.69) is 30.5 Å². The number of benzene rings is 2. The third kappa shape index (κ3) is 4.12. The molecule has 0 bridgehead atoms. The van der Waals surface area contributed by atoms with Crippen molar-refractivity contribution in [3.05, 3.63) is 85.1 Å². The van der Waals surface area contributed by atoms with Gasteiger partial charge in [0.2, 0.25) is 5.91 Å². The molecular formula is C29H23FN6O. The molecule has 3 N–H and O–H groups in total. The number of nitrogens with one attached hydrogen (secondary N) is 3. The molecule has 6 rings (SSSR count). The molecule has 6 aromatic rings. The Kier molecular flexibility index (Phi) is 5.49. The topological polar surface area (TPSA) is 99.4 Å². The number of hydrogen-bond donors (Lipinski definition) is 3. The molecule has 2 aromatic carbocycles. The fourth-order valence-corrected chi connectivity index (χ4v) is 4.41. The van der Waals surface area contributed by atoms with Crippen LogP contribution < -0.4 is 5.32 Å². The lowest BCUT2D eigenvalue weighted by atomic mass is 10.0. The first-order valence-electron chi connectivity index (χ1n) is 12.0. The number of carbonyl (C=O) groups excluding carboxylic acids is 1. The summed E-state index contributed by atoms with van der Waals surface area (Å²) in [6, 6.07) is 18.4. The van der Waals surface area contributed by atoms with E-state index in [1.807, 2.05) is 56.3 Å². The van der Waals surface area contributed by atoms with Gasteiger partial charge in [0, 0.05) is 39.5 Å². The van der Waals surface area contributed by atoms with Gasteiger partial charge >= 0.3 is 0 Å². The molecule has 0 saturated carbocycles. The van der Waals surface area contributed by atoms with Crippen molar-refractivity contribution < 1.29 is 9.18 Å². The molecule has 37 heavy (non-hydrogen) atoms. The average Bonchev–Trinajstić information content (AvgIpc) is 3.53. The number of H-pyrrole nitrogens is 2. The Morgan fingerprint density at radius 2 is 1.76 bits per heavy atom. The molecule has 0 atom stereocenters. The molecule has 182 valence electrons. The standard InChI is InChI=1S/C29H23FN6O/c1-16(2)29(37)33-18-10-17(13-31-14-18)25-12-22-27(15-32-25)35-36-28(22)26-11-21-19(7-5-9-24(21)34-26)20-6-3-4-8-23(20)30/h3-16,34H,1-2H3,(H,33,37)(H,35,36). The summed E-state index contributed by atoms with van der Waals surface area (Å²) < 4.78 is 14.6. The maximum Gasteiger partial charge on any atom is 0.226 e. The van der Waals surface area contributed by atoms with E-state index < -0.39 is 0 Å². The van der Waals surface area contributed by atoms with Gasteiger partial charge in [-0.1, -0.05) is 44.2 Å². The fraction of sp³-hybridized carbons (Fsp3) is 0.103. The third-order valence-electron chi connectivity index (χ3n) is 6.36. The lowest BCUT2D eigenvalue weighted by molar-refractivity contribution is -0.118. The minimum atomic E-state index is -0.265. The molecule has 1 amide bonds. The number of pyridine rings is 2. The van der Waals surface area contributed by atoms with Crippen LogP contribution in [0.2, 0.25) is 0 Å². The van der Waals surface area contributed by atoms with Crippen molar-refractivity contribution >= 4 is 33.4 Å². The van der Waals surface area contributed by atoms with E-state index in [-0.39, 0.29) is 17.6 Å². The van der Waals surface area contributed by atoms with Gasteiger partial charge in [0.1, 0.15) is 11.5 Å². The highest BCUT2D eigenvalue weighted by Crippen LogP contribution is 2.35. The van der Waals surface area contributed by atoms with E-state index in [1.54, 1.807) is 30.7 Å². The maximum absolute atomic E-state index is 14.6. The summed E-state index contributed by atoms with van der Waals surface area (Å²) in [7, 11) is 0. The van der Waals surface area contributed by atoms with Gasteiger partial charge in [0.25, 0.3) is 0 Å².